The van der Waals surface area contributed by atoms with E-state index in [9.17, 15) is 9.18 Å². The highest BCUT2D eigenvalue weighted by atomic mass is 19.1. The SMILES string of the molecule is CCCCCCCCCCCCCCCCCCOc1cc(COC(=O)c2ccccc2-c2ccc(F)cc2)cc(OCCCCCCCCCCCCCCCCCC)c1OCCCCCCCCCCCCCCCCCC. The second-order valence-electron chi connectivity index (χ2n) is 24.0. The fourth-order valence-electron chi connectivity index (χ4n) is 11.3. The van der Waals surface area contributed by atoms with Gasteiger partial charge in [-0.2, -0.15) is 0 Å². The molecule has 0 saturated carbocycles. The summed E-state index contributed by atoms with van der Waals surface area (Å²) in [6, 6.07) is 17.6. The number of rotatable bonds is 58. The van der Waals surface area contributed by atoms with Crippen molar-refractivity contribution in [3.63, 3.8) is 0 Å². The molecule has 6 heteroatoms. The van der Waals surface area contributed by atoms with Crippen LogP contribution >= 0.6 is 0 Å². The number of esters is 1. The smallest absolute Gasteiger partial charge is 0.339 e. The zero-order valence-electron chi connectivity index (χ0n) is 52.5. The Morgan fingerprint density at radius 2 is 0.637 bits per heavy atom. The van der Waals surface area contributed by atoms with Crippen LogP contribution in [0.4, 0.5) is 4.39 Å². The van der Waals surface area contributed by atoms with E-state index in [4.69, 9.17) is 18.9 Å². The molecule has 456 valence electrons. The van der Waals surface area contributed by atoms with E-state index < -0.39 is 5.97 Å². The average molecular weight is 1110 g/mol. The van der Waals surface area contributed by atoms with Crippen molar-refractivity contribution in [1.82, 2.24) is 0 Å². The van der Waals surface area contributed by atoms with Crippen molar-refractivity contribution in [3.8, 4) is 28.4 Å². The summed E-state index contributed by atoms with van der Waals surface area (Å²) in [6.45, 7) is 8.74. The van der Waals surface area contributed by atoms with E-state index in [2.05, 4.69) is 20.8 Å². The van der Waals surface area contributed by atoms with Crippen LogP contribution < -0.4 is 14.2 Å². The Morgan fingerprint density at radius 1 is 0.350 bits per heavy atom. The molecule has 0 aliphatic rings. The third kappa shape index (κ3) is 37.5. The molecular weight excluding hydrogens is 988 g/mol. The maximum absolute atomic E-state index is 13.9. The summed E-state index contributed by atoms with van der Waals surface area (Å²) >= 11 is 0. The fourth-order valence-corrected chi connectivity index (χ4v) is 11.3. The number of ether oxygens (including phenoxy) is 4. The highest BCUT2D eigenvalue weighted by molar-refractivity contribution is 5.97. The van der Waals surface area contributed by atoms with Crippen LogP contribution in [0.25, 0.3) is 11.1 Å². The van der Waals surface area contributed by atoms with Crippen molar-refractivity contribution in [3.05, 3.63) is 77.6 Å². The van der Waals surface area contributed by atoms with E-state index in [0.29, 0.717) is 48.2 Å². The molecule has 0 fully saturated rings. The highest BCUT2D eigenvalue weighted by Gasteiger charge is 2.19. The molecule has 0 unspecified atom stereocenters. The minimum absolute atomic E-state index is 0.0564. The quantitative estimate of drug-likeness (QED) is 0.0416. The van der Waals surface area contributed by atoms with Gasteiger partial charge in [-0.05, 0) is 66.3 Å². The normalized spacial score (nSPS) is 11.4. The maximum Gasteiger partial charge on any atom is 0.339 e. The van der Waals surface area contributed by atoms with Crippen molar-refractivity contribution < 1.29 is 28.1 Å². The Balaban J connectivity index is 1.57. The average Bonchev–Trinajstić information content (AvgIpc) is 3.48. The zero-order chi connectivity index (χ0) is 56.9. The van der Waals surface area contributed by atoms with Gasteiger partial charge in [0.2, 0.25) is 5.75 Å². The molecule has 0 aromatic heterocycles. The first kappa shape index (κ1) is 70.7. The van der Waals surface area contributed by atoms with Gasteiger partial charge < -0.3 is 18.9 Å². The summed E-state index contributed by atoms with van der Waals surface area (Å²) < 4.78 is 39.9. The van der Waals surface area contributed by atoms with Gasteiger partial charge >= 0.3 is 5.97 Å². The number of benzene rings is 3. The first-order valence-electron chi connectivity index (χ1n) is 34.6. The van der Waals surface area contributed by atoms with Crippen LogP contribution in [-0.2, 0) is 11.3 Å². The van der Waals surface area contributed by atoms with Crippen LogP contribution in [-0.4, -0.2) is 25.8 Å². The second kappa shape index (κ2) is 52.3. The maximum atomic E-state index is 13.9. The third-order valence-corrected chi connectivity index (χ3v) is 16.5. The largest absolute Gasteiger partial charge is 0.490 e. The molecule has 0 atom stereocenters. The molecule has 3 rings (SSSR count). The predicted molar refractivity (Wildman–Crippen MR) is 343 cm³/mol. The van der Waals surface area contributed by atoms with Crippen LogP contribution in [0, 0.1) is 5.82 Å². The first-order valence-corrected chi connectivity index (χ1v) is 34.6. The number of unbranched alkanes of at least 4 members (excludes halogenated alkanes) is 45. The van der Waals surface area contributed by atoms with Crippen LogP contribution in [0.3, 0.4) is 0 Å². The van der Waals surface area contributed by atoms with E-state index in [-0.39, 0.29) is 12.4 Å². The van der Waals surface area contributed by atoms with Crippen LogP contribution in [0.5, 0.6) is 17.2 Å². The fraction of sp³-hybridized carbons (Fsp3) is 0.743. The second-order valence-corrected chi connectivity index (χ2v) is 24.0. The van der Waals surface area contributed by atoms with E-state index in [0.717, 1.165) is 49.7 Å². The van der Waals surface area contributed by atoms with Gasteiger partial charge in [0, 0.05) is 0 Å². The molecule has 0 spiro atoms. The van der Waals surface area contributed by atoms with E-state index in [1.807, 2.05) is 30.3 Å². The summed E-state index contributed by atoms with van der Waals surface area (Å²) in [5.74, 6) is 1.27. The van der Waals surface area contributed by atoms with Crippen molar-refractivity contribution in [2.24, 2.45) is 0 Å². The van der Waals surface area contributed by atoms with Gasteiger partial charge in [-0.1, -0.05) is 340 Å². The van der Waals surface area contributed by atoms with Crippen LogP contribution in [0.1, 0.15) is 345 Å². The molecule has 0 aliphatic heterocycles. The minimum Gasteiger partial charge on any atom is -0.490 e. The summed E-state index contributed by atoms with van der Waals surface area (Å²) in [6.07, 6.45) is 63.9. The summed E-state index contributed by atoms with van der Waals surface area (Å²) in [7, 11) is 0. The number of carbonyl (C=O) groups excluding carboxylic acids is 1. The Hall–Kier alpha value is -3.54. The molecule has 0 N–H and O–H groups in total. The van der Waals surface area contributed by atoms with Gasteiger partial charge in [-0.15, -0.1) is 0 Å². The number of hydrogen-bond acceptors (Lipinski definition) is 5. The molecule has 0 saturated heterocycles. The standard InChI is InChI=1S/C74H123FO5/c1-4-7-10-13-16-19-22-25-28-31-34-37-40-43-46-51-60-77-71-63-66(65-80-74(76)70-55-50-49-54-69(70)67-56-58-68(75)59-57-67)64-72(78-61-52-47-44-41-38-35-32-29-26-23-20-17-14-11-8-5-2)73(71)79-62-53-48-45-42-39-36-33-30-27-24-21-18-15-12-9-6-3/h49-50,54-59,63-64H,4-48,51-53,60-62,65H2,1-3H3. The van der Waals surface area contributed by atoms with Crippen molar-refractivity contribution in [1.29, 1.82) is 0 Å². The summed E-state index contributed by atoms with van der Waals surface area (Å²) in [4.78, 5) is 13.8. The van der Waals surface area contributed by atoms with Gasteiger partial charge in [0.05, 0.1) is 25.4 Å². The van der Waals surface area contributed by atoms with Gasteiger partial charge in [-0.25, -0.2) is 9.18 Å². The van der Waals surface area contributed by atoms with Gasteiger partial charge in [0.15, 0.2) is 11.5 Å². The van der Waals surface area contributed by atoms with Gasteiger partial charge in [0.25, 0.3) is 0 Å². The molecule has 0 aliphatic carbocycles. The van der Waals surface area contributed by atoms with Gasteiger partial charge in [-0.3, -0.25) is 0 Å². The summed E-state index contributed by atoms with van der Waals surface area (Å²) in [5, 5.41) is 0. The predicted octanol–water partition coefficient (Wildman–Crippen LogP) is 24.8. The van der Waals surface area contributed by atoms with Crippen LogP contribution in [0.2, 0.25) is 0 Å². The van der Waals surface area contributed by atoms with E-state index in [1.165, 1.54) is 282 Å². The zero-order valence-corrected chi connectivity index (χ0v) is 52.5. The Bertz CT molecular complexity index is 1780. The lowest BCUT2D eigenvalue weighted by molar-refractivity contribution is 0.0472. The molecule has 80 heavy (non-hydrogen) atoms. The number of carbonyl (C=O) groups is 1. The monoisotopic (exact) mass is 1110 g/mol. The third-order valence-electron chi connectivity index (χ3n) is 16.5. The highest BCUT2D eigenvalue weighted by Crippen LogP contribution is 2.40. The van der Waals surface area contributed by atoms with Crippen LogP contribution in [0.15, 0.2) is 60.7 Å². The lowest BCUT2D eigenvalue weighted by atomic mass is 10.00. The number of halogens is 1. The summed E-state index contributed by atoms with van der Waals surface area (Å²) in [5.41, 5.74) is 2.72. The Kier molecular flexibility index (Phi) is 46.2. The lowest BCUT2D eigenvalue weighted by Crippen LogP contribution is -2.09. The minimum atomic E-state index is -0.431. The molecule has 0 radical (unpaired) electrons. The lowest BCUT2D eigenvalue weighted by Gasteiger charge is -2.19. The molecular formula is C74H123FO5. The molecule has 3 aromatic rings. The van der Waals surface area contributed by atoms with Crippen molar-refractivity contribution in [2.75, 3.05) is 19.8 Å². The van der Waals surface area contributed by atoms with E-state index >= 15 is 0 Å². The molecule has 0 amide bonds. The van der Waals surface area contributed by atoms with Crippen molar-refractivity contribution in [2.45, 2.75) is 336 Å². The molecule has 0 heterocycles. The van der Waals surface area contributed by atoms with E-state index in [1.54, 1.807) is 18.2 Å². The molecule has 5 nitrogen and oxygen atoms in total. The van der Waals surface area contributed by atoms with Crippen molar-refractivity contribution >= 4 is 5.97 Å². The Labute approximate surface area is 493 Å². The topological polar surface area (TPSA) is 54.0 Å². The van der Waals surface area contributed by atoms with Gasteiger partial charge in [0.1, 0.15) is 12.4 Å². The molecule has 0 bridgehead atoms. The molecule has 3 aromatic carbocycles. The Morgan fingerprint density at radius 3 is 0.963 bits per heavy atom. The number of hydrogen-bond donors (Lipinski definition) is 0. The first-order chi connectivity index (χ1) is 39.6.